The molecule has 1 atom stereocenters. The minimum absolute atomic E-state index is 0.333. The monoisotopic (exact) mass is 319 g/mol. The summed E-state index contributed by atoms with van der Waals surface area (Å²) < 4.78 is 3.43. The summed E-state index contributed by atoms with van der Waals surface area (Å²) in [6.45, 7) is 3.06. The van der Waals surface area contributed by atoms with Crippen LogP contribution in [0.1, 0.15) is 43.1 Å². The highest BCUT2D eigenvalue weighted by molar-refractivity contribution is 9.10. The van der Waals surface area contributed by atoms with Crippen LogP contribution in [0, 0.1) is 0 Å². The molecule has 0 unspecified atom stereocenters. The van der Waals surface area contributed by atoms with Gasteiger partial charge in [0.1, 0.15) is 0 Å². The van der Waals surface area contributed by atoms with E-state index in [2.05, 4.69) is 62.0 Å². The lowest BCUT2D eigenvalue weighted by Crippen LogP contribution is -2.19. The van der Waals surface area contributed by atoms with Crippen molar-refractivity contribution in [2.24, 2.45) is 0 Å². The first-order chi connectivity index (χ1) is 9.24. The van der Waals surface area contributed by atoms with Crippen LogP contribution in [0.25, 0.3) is 0 Å². The topological polar surface area (TPSA) is 29.9 Å². The average Bonchev–Trinajstić information content (AvgIpc) is 3.15. The number of nitrogens with zero attached hydrogens (tertiary/aromatic N) is 2. The molecule has 2 aromatic rings. The van der Waals surface area contributed by atoms with E-state index < -0.39 is 0 Å². The fraction of sp³-hybridized carbons (Fsp3) is 0.400. The molecule has 1 saturated carbocycles. The van der Waals surface area contributed by atoms with E-state index in [1.54, 1.807) is 0 Å². The first-order valence-electron chi connectivity index (χ1n) is 6.73. The van der Waals surface area contributed by atoms with Gasteiger partial charge in [-0.05, 0) is 37.5 Å². The van der Waals surface area contributed by atoms with E-state index in [9.17, 15) is 0 Å². The molecule has 0 aliphatic heterocycles. The second kappa shape index (κ2) is 5.47. The van der Waals surface area contributed by atoms with Crippen LogP contribution in [0.2, 0.25) is 0 Å². The number of aromatic nitrogens is 2. The van der Waals surface area contributed by atoms with Gasteiger partial charge in [0.2, 0.25) is 0 Å². The van der Waals surface area contributed by atoms with E-state index in [0.717, 1.165) is 11.0 Å². The van der Waals surface area contributed by atoms with Crippen LogP contribution >= 0.6 is 15.9 Å². The standard InChI is InChI=1S/C15H18BrN3/c1-11(12-3-2-4-13(16)7-12)18-9-15-8-17-10-19(15)14-5-6-14/h2-4,7-8,10-11,14,18H,5-6,9H2,1H3/t11-/m1/s1. The molecule has 100 valence electrons. The van der Waals surface area contributed by atoms with Crippen LogP contribution in [0.3, 0.4) is 0 Å². The summed E-state index contributed by atoms with van der Waals surface area (Å²) in [5, 5.41) is 3.57. The molecule has 3 rings (SSSR count). The Bertz CT molecular complexity index is 560. The molecule has 0 amide bonds. The van der Waals surface area contributed by atoms with Crippen molar-refractivity contribution < 1.29 is 0 Å². The maximum atomic E-state index is 4.26. The summed E-state index contributed by atoms with van der Waals surface area (Å²) in [6, 6.07) is 9.47. The number of halogens is 1. The van der Waals surface area contributed by atoms with Crippen molar-refractivity contribution in [2.75, 3.05) is 0 Å². The summed E-state index contributed by atoms with van der Waals surface area (Å²) in [7, 11) is 0. The molecule has 1 N–H and O–H groups in total. The van der Waals surface area contributed by atoms with Gasteiger partial charge in [0.15, 0.2) is 0 Å². The van der Waals surface area contributed by atoms with E-state index >= 15 is 0 Å². The molecule has 1 fully saturated rings. The third-order valence-electron chi connectivity index (χ3n) is 3.62. The van der Waals surface area contributed by atoms with Crippen molar-refractivity contribution in [3.8, 4) is 0 Å². The number of benzene rings is 1. The van der Waals surface area contributed by atoms with E-state index in [1.807, 2.05) is 12.5 Å². The van der Waals surface area contributed by atoms with Crippen LogP contribution in [0.5, 0.6) is 0 Å². The van der Waals surface area contributed by atoms with Gasteiger partial charge < -0.3 is 9.88 Å². The van der Waals surface area contributed by atoms with Crippen molar-refractivity contribution in [3.05, 3.63) is 52.5 Å². The number of rotatable bonds is 5. The van der Waals surface area contributed by atoms with E-state index in [1.165, 1.54) is 24.1 Å². The van der Waals surface area contributed by atoms with Gasteiger partial charge in [0.05, 0.1) is 12.0 Å². The predicted octanol–water partition coefficient (Wildman–Crippen LogP) is 3.83. The van der Waals surface area contributed by atoms with Gasteiger partial charge in [-0.1, -0.05) is 28.1 Å². The van der Waals surface area contributed by atoms with Gasteiger partial charge in [-0.3, -0.25) is 0 Å². The lowest BCUT2D eigenvalue weighted by atomic mass is 10.1. The van der Waals surface area contributed by atoms with Gasteiger partial charge in [-0.15, -0.1) is 0 Å². The molecular formula is C15H18BrN3. The Balaban J connectivity index is 1.63. The summed E-state index contributed by atoms with van der Waals surface area (Å²) in [5.41, 5.74) is 2.58. The number of nitrogens with one attached hydrogen (secondary N) is 1. The van der Waals surface area contributed by atoms with Crippen LogP contribution in [-0.2, 0) is 6.54 Å². The van der Waals surface area contributed by atoms with Crippen molar-refractivity contribution in [1.82, 2.24) is 14.9 Å². The van der Waals surface area contributed by atoms with Crippen molar-refractivity contribution >= 4 is 15.9 Å². The Morgan fingerprint density at radius 3 is 3.05 bits per heavy atom. The van der Waals surface area contributed by atoms with E-state index in [4.69, 9.17) is 0 Å². The molecule has 0 saturated heterocycles. The van der Waals surface area contributed by atoms with Gasteiger partial charge in [0.25, 0.3) is 0 Å². The fourth-order valence-corrected chi connectivity index (χ4v) is 2.72. The second-order valence-electron chi connectivity index (χ2n) is 5.18. The molecule has 3 nitrogen and oxygen atoms in total. The summed E-state index contributed by atoms with van der Waals surface area (Å²) in [4.78, 5) is 4.26. The van der Waals surface area contributed by atoms with E-state index in [0.29, 0.717) is 12.1 Å². The summed E-state index contributed by atoms with van der Waals surface area (Å²) in [6.07, 6.45) is 6.52. The minimum Gasteiger partial charge on any atom is -0.330 e. The van der Waals surface area contributed by atoms with Gasteiger partial charge >= 0.3 is 0 Å². The highest BCUT2D eigenvalue weighted by Crippen LogP contribution is 2.35. The lowest BCUT2D eigenvalue weighted by Gasteiger charge is -2.15. The molecule has 0 spiro atoms. The average molecular weight is 320 g/mol. The van der Waals surface area contributed by atoms with Gasteiger partial charge in [-0.2, -0.15) is 0 Å². The van der Waals surface area contributed by atoms with Crippen molar-refractivity contribution in [1.29, 1.82) is 0 Å². The Hall–Kier alpha value is -1.13. The normalized spacial score (nSPS) is 16.5. The van der Waals surface area contributed by atoms with Crippen molar-refractivity contribution in [3.63, 3.8) is 0 Å². The quantitative estimate of drug-likeness (QED) is 0.907. The fourth-order valence-electron chi connectivity index (χ4n) is 2.30. The molecule has 1 aromatic heterocycles. The number of imidazole rings is 1. The third-order valence-corrected chi connectivity index (χ3v) is 4.12. The highest BCUT2D eigenvalue weighted by Gasteiger charge is 2.25. The zero-order valence-electron chi connectivity index (χ0n) is 11.0. The Kier molecular flexibility index (Phi) is 3.71. The van der Waals surface area contributed by atoms with Crippen LogP contribution in [-0.4, -0.2) is 9.55 Å². The zero-order valence-corrected chi connectivity index (χ0v) is 12.6. The van der Waals surface area contributed by atoms with E-state index in [-0.39, 0.29) is 0 Å². The summed E-state index contributed by atoms with van der Waals surface area (Å²) in [5.74, 6) is 0. The van der Waals surface area contributed by atoms with Crippen LogP contribution < -0.4 is 5.32 Å². The Morgan fingerprint density at radius 2 is 2.32 bits per heavy atom. The highest BCUT2D eigenvalue weighted by atomic mass is 79.9. The molecule has 1 aliphatic rings. The molecule has 4 heteroatoms. The SMILES string of the molecule is C[C@@H](NCc1cncn1C1CC1)c1cccc(Br)c1. The lowest BCUT2D eigenvalue weighted by molar-refractivity contribution is 0.547. The Morgan fingerprint density at radius 1 is 1.47 bits per heavy atom. The molecule has 0 radical (unpaired) electrons. The first kappa shape index (κ1) is 12.9. The largest absolute Gasteiger partial charge is 0.330 e. The van der Waals surface area contributed by atoms with Crippen molar-refractivity contribution in [2.45, 2.75) is 38.4 Å². The molecule has 0 bridgehead atoms. The second-order valence-corrected chi connectivity index (χ2v) is 6.10. The maximum Gasteiger partial charge on any atom is 0.0951 e. The molecule has 1 heterocycles. The predicted molar refractivity (Wildman–Crippen MR) is 79.9 cm³/mol. The number of hydrogen-bond acceptors (Lipinski definition) is 2. The molecule has 1 aliphatic carbocycles. The third kappa shape index (κ3) is 3.07. The van der Waals surface area contributed by atoms with Crippen LogP contribution in [0.4, 0.5) is 0 Å². The maximum absolute atomic E-state index is 4.26. The smallest absolute Gasteiger partial charge is 0.0951 e. The first-order valence-corrected chi connectivity index (χ1v) is 7.53. The minimum atomic E-state index is 0.333. The van der Waals surface area contributed by atoms with Gasteiger partial charge in [0, 0.05) is 29.3 Å². The molecule has 1 aromatic carbocycles. The van der Waals surface area contributed by atoms with Gasteiger partial charge in [-0.25, -0.2) is 4.98 Å². The number of hydrogen-bond donors (Lipinski definition) is 1. The summed E-state index contributed by atoms with van der Waals surface area (Å²) >= 11 is 3.52. The zero-order chi connectivity index (χ0) is 13.2. The molecular weight excluding hydrogens is 302 g/mol. The van der Waals surface area contributed by atoms with Crippen LogP contribution in [0.15, 0.2) is 41.3 Å². The Labute approximate surface area is 122 Å². The molecule has 19 heavy (non-hydrogen) atoms.